The van der Waals surface area contributed by atoms with Crippen LogP contribution in [0, 0.1) is 16.7 Å². The second-order valence-electron chi connectivity index (χ2n) is 5.17. The van der Waals surface area contributed by atoms with Gasteiger partial charge in [0.15, 0.2) is 0 Å². The van der Waals surface area contributed by atoms with E-state index < -0.39 is 0 Å². The summed E-state index contributed by atoms with van der Waals surface area (Å²) in [6.07, 6.45) is 0. The Labute approximate surface area is 76.2 Å². The lowest BCUT2D eigenvalue weighted by Crippen LogP contribution is -2.18. The van der Waals surface area contributed by atoms with Crippen molar-refractivity contribution in [3.05, 3.63) is 0 Å². The third-order valence-corrected chi connectivity index (χ3v) is 5.88. The third-order valence-electron chi connectivity index (χ3n) is 4.24. The maximum absolute atomic E-state index is 4.82. The van der Waals surface area contributed by atoms with Gasteiger partial charge in [0.05, 0.1) is 0 Å². The fraction of sp³-hybridized carbons (Fsp3) is 1.00. The van der Waals surface area contributed by atoms with Gasteiger partial charge in [-0.2, -0.15) is 12.6 Å². The Morgan fingerprint density at radius 2 is 1.18 bits per heavy atom. The summed E-state index contributed by atoms with van der Waals surface area (Å²) >= 11 is 4.82. The standard InChI is InChI=1S/C10H20S/c1-7(2)10(11)8(3,4)9(10,5)6/h7,11H,1-6H3. The molecule has 0 aromatic rings. The van der Waals surface area contributed by atoms with Crippen LogP contribution in [0.4, 0.5) is 0 Å². The van der Waals surface area contributed by atoms with E-state index in [1.165, 1.54) is 0 Å². The molecular weight excluding hydrogens is 152 g/mol. The van der Waals surface area contributed by atoms with Gasteiger partial charge < -0.3 is 0 Å². The van der Waals surface area contributed by atoms with E-state index in [1.54, 1.807) is 0 Å². The zero-order chi connectivity index (χ0) is 9.08. The van der Waals surface area contributed by atoms with E-state index in [-0.39, 0.29) is 4.75 Å². The average molecular weight is 172 g/mol. The van der Waals surface area contributed by atoms with E-state index in [1.807, 2.05) is 0 Å². The Kier molecular flexibility index (Phi) is 1.70. The molecule has 0 heterocycles. The quantitative estimate of drug-likeness (QED) is 0.576. The monoisotopic (exact) mass is 172 g/mol. The number of hydrogen-bond donors (Lipinski definition) is 1. The summed E-state index contributed by atoms with van der Waals surface area (Å²) < 4.78 is 0.236. The molecule has 1 saturated carbocycles. The van der Waals surface area contributed by atoms with E-state index in [4.69, 9.17) is 12.6 Å². The van der Waals surface area contributed by atoms with Crippen molar-refractivity contribution in [3.8, 4) is 0 Å². The minimum Gasteiger partial charge on any atom is -0.171 e. The van der Waals surface area contributed by atoms with Gasteiger partial charge in [0, 0.05) is 4.75 Å². The zero-order valence-corrected chi connectivity index (χ0v) is 9.42. The first-order chi connectivity index (χ1) is 4.69. The zero-order valence-electron chi connectivity index (χ0n) is 8.52. The molecule has 0 aromatic heterocycles. The van der Waals surface area contributed by atoms with Crippen LogP contribution in [0.5, 0.6) is 0 Å². The smallest absolute Gasteiger partial charge is 0.0265 e. The van der Waals surface area contributed by atoms with Gasteiger partial charge in [0.2, 0.25) is 0 Å². The van der Waals surface area contributed by atoms with Crippen LogP contribution in [-0.4, -0.2) is 4.75 Å². The Balaban J connectivity index is 2.96. The Morgan fingerprint density at radius 3 is 1.18 bits per heavy atom. The molecule has 0 saturated heterocycles. The molecule has 1 heteroatoms. The number of thiol groups is 1. The molecule has 0 N–H and O–H groups in total. The largest absolute Gasteiger partial charge is 0.171 e. The van der Waals surface area contributed by atoms with Gasteiger partial charge in [-0.05, 0) is 16.7 Å². The van der Waals surface area contributed by atoms with Crippen LogP contribution in [0.2, 0.25) is 0 Å². The summed E-state index contributed by atoms with van der Waals surface area (Å²) in [5.74, 6) is 0.663. The van der Waals surface area contributed by atoms with Gasteiger partial charge in [-0.15, -0.1) is 0 Å². The number of hydrogen-bond acceptors (Lipinski definition) is 1. The maximum atomic E-state index is 4.82. The molecule has 1 fully saturated rings. The molecule has 1 aliphatic rings. The van der Waals surface area contributed by atoms with Crippen molar-refractivity contribution in [2.24, 2.45) is 16.7 Å². The van der Waals surface area contributed by atoms with Gasteiger partial charge in [-0.1, -0.05) is 41.5 Å². The summed E-state index contributed by atoms with van der Waals surface area (Å²) in [5, 5.41) is 0. The molecule has 0 unspecified atom stereocenters. The molecule has 66 valence electrons. The van der Waals surface area contributed by atoms with Crippen molar-refractivity contribution in [1.82, 2.24) is 0 Å². The summed E-state index contributed by atoms with van der Waals surface area (Å²) in [6, 6.07) is 0. The first kappa shape index (κ1) is 9.44. The topological polar surface area (TPSA) is 0 Å². The predicted octanol–water partition coefficient (Wildman–Crippen LogP) is 3.38. The Hall–Kier alpha value is 0.350. The first-order valence-corrected chi connectivity index (χ1v) is 4.86. The molecule has 0 aromatic carbocycles. The van der Waals surface area contributed by atoms with Crippen LogP contribution >= 0.6 is 12.6 Å². The van der Waals surface area contributed by atoms with Crippen molar-refractivity contribution >= 4 is 12.6 Å². The van der Waals surface area contributed by atoms with Crippen molar-refractivity contribution in [1.29, 1.82) is 0 Å². The fourth-order valence-corrected chi connectivity index (χ4v) is 3.27. The van der Waals surface area contributed by atoms with Gasteiger partial charge >= 0.3 is 0 Å². The van der Waals surface area contributed by atoms with E-state index in [0.717, 1.165) is 0 Å². The van der Waals surface area contributed by atoms with Crippen LogP contribution in [0.25, 0.3) is 0 Å². The fourth-order valence-electron chi connectivity index (χ4n) is 2.77. The molecule has 0 bridgehead atoms. The van der Waals surface area contributed by atoms with Crippen molar-refractivity contribution in [3.63, 3.8) is 0 Å². The summed E-state index contributed by atoms with van der Waals surface area (Å²) in [7, 11) is 0. The molecule has 11 heavy (non-hydrogen) atoms. The molecule has 0 atom stereocenters. The summed E-state index contributed by atoms with van der Waals surface area (Å²) in [5.41, 5.74) is 0.772. The van der Waals surface area contributed by atoms with Crippen molar-refractivity contribution in [2.75, 3.05) is 0 Å². The molecule has 0 nitrogen and oxygen atoms in total. The number of rotatable bonds is 1. The molecule has 0 spiro atoms. The van der Waals surface area contributed by atoms with Gasteiger partial charge in [-0.3, -0.25) is 0 Å². The van der Waals surface area contributed by atoms with E-state index in [0.29, 0.717) is 16.7 Å². The maximum Gasteiger partial charge on any atom is 0.0265 e. The average Bonchev–Trinajstić information content (AvgIpc) is 2.11. The van der Waals surface area contributed by atoms with Crippen molar-refractivity contribution < 1.29 is 0 Å². The lowest BCUT2D eigenvalue weighted by Gasteiger charge is -2.19. The second kappa shape index (κ2) is 1.99. The summed E-state index contributed by atoms with van der Waals surface area (Å²) in [4.78, 5) is 0. The molecular formula is C10H20S. The van der Waals surface area contributed by atoms with Gasteiger partial charge in [0.25, 0.3) is 0 Å². The molecule has 1 aliphatic carbocycles. The lowest BCUT2D eigenvalue weighted by molar-refractivity contribution is 0.457. The molecule has 0 amide bonds. The van der Waals surface area contributed by atoms with Crippen LogP contribution in [0.3, 0.4) is 0 Å². The van der Waals surface area contributed by atoms with E-state index in [2.05, 4.69) is 41.5 Å². The molecule has 1 rings (SSSR count). The normalized spacial score (nSPS) is 30.5. The van der Waals surface area contributed by atoms with Crippen LogP contribution in [0.15, 0.2) is 0 Å². The minimum absolute atomic E-state index is 0.236. The molecule has 0 radical (unpaired) electrons. The molecule has 0 aliphatic heterocycles. The van der Waals surface area contributed by atoms with E-state index in [9.17, 15) is 0 Å². The highest BCUT2D eigenvalue weighted by Gasteiger charge is 2.76. The second-order valence-corrected chi connectivity index (χ2v) is 5.88. The van der Waals surface area contributed by atoms with Crippen LogP contribution < -0.4 is 0 Å². The Bertz CT molecular complexity index is 163. The van der Waals surface area contributed by atoms with E-state index >= 15 is 0 Å². The summed E-state index contributed by atoms with van der Waals surface area (Å²) in [6.45, 7) is 13.8. The van der Waals surface area contributed by atoms with Gasteiger partial charge in [0.1, 0.15) is 0 Å². The Morgan fingerprint density at radius 1 is 0.909 bits per heavy atom. The first-order valence-electron chi connectivity index (χ1n) is 4.42. The predicted molar refractivity (Wildman–Crippen MR) is 54.1 cm³/mol. The lowest BCUT2D eigenvalue weighted by atomic mass is 10.00. The highest BCUT2D eigenvalue weighted by molar-refractivity contribution is 7.82. The van der Waals surface area contributed by atoms with Crippen molar-refractivity contribution in [2.45, 2.75) is 46.3 Å². The minimum atomic E-state index is 0.236. The SMILES string of the molecule is CC(C)C1(S)C(C)(C)C1(C)C. The highest BCUT2D eigenvalue weighted by Crippen LogP contribution is 2.77. The van der Waals surface area contributed by atoms with Crippen LogP contribution in [0.1, 0.15) is 41.5 Å². The van der Waals surface area contributed by atoms with Gasteiger partial charge in [-0.25, -0.2) is 0 Å². The van der Waals surface area contributed by atoms with Crippen LogP contribution in [-0.2, 0) is 0 Å². The third kappa shape index (κ3) is 0.734. The highest BCUT2D eigenvalue weighted by atomic mass is 32.1.